The van der Waals surface area contributed by atoms with E-state index >= 15 is 0 Å². The van der Waals surface area contributed by atoms with Crippen molar-refractivity contribution >= 4 is 0 Å². The summed E-state index contributed by atoms with van der Waals surface area (Å²) in [7, 11) is 0. The number of morpholine rings is 1. The van der Waals surface area contributed by atoms with Crippen molar-refractivity contribution in [2.45, 2.75) is 18.9 Å². The monoisotopic (exact) mass is 290 g/mol. The highest BCUT2D eigenvalue weighted by Crippen LogP contribution is 2.16. The second-order valence-electron chi connectivity index (χ2n) is 6.07. The van der Waals surface area contributed by atoms with Crippen LogP contribution in [0.4, 0.5) is 0 Å². The minimum absolute atomic E-state index is 0.195. The summed E-state index contributed by atoms with van der Waals surface area (Å²) in [5, 5.41) is 3.44. The van der Waals surface area contributed by atoms with Crippen molar-refractivity contribution in [1.29, 1.82) is 0 Å². The Balaban J connectivity index is 1.42. The van der Waals surface area contributed by atoms with Gasteiger partial charge in [-0.15, -0.1) is 0 Å². The highest BCUT2D eigenvalue weighted by molar-refractivity contribution is 5.20. The van der Waals surface area contributed by atoms with E-state index in [1.165, 1.54) is 32.5 Å². The van der Waals surface area contributed by atoms with Gasteiger partial charge in [0.1, 0.15) is 18.5 Å². The number of nitrogens with one attached hydrogen (secondary N) is 1. The molecule has 2 aliphatic rings. The third-order valence-electron chi connectivity index (χ3n) is 4.38. The largest absolute Gasteiger partial charge is 0.491 e. The lowest BCUT2D eigenvalue weighted by atomic mass is 9.97. The van der Waals surface area contributed by atoms with E-state index in [4.69, 9.17) is 9.47 Å². The highest BCUT2D eigenvalue weighted by atomic mass is 16.5. The van der Waals surface area contributed by atoms with Crippen molar-refractivity contribution in [3.63, 3.8) is 0 Å². The van der Waals surface area contributed by atoms with Gasteiger partial charge < -0.3 is 14.8 Å². The molecule has 2 fully saturated rings. The summed E-state index contributed by atoms with van der Waals surface area (Å²) >= 11 is 0. The van der Waals surface area contributed by atoms with Crippen LogP contribution in [0.5, 0.6) is 5.75 Å². The summed E-state index contributed by atoms with van der Waals surface area (Å²) in [6, 6.07) is 10.00. The molecule has 21 heavy (non-hydrogen) atoms. The van der Waals surface area contributed by atoms with Gasteiger partial charge in [-0.25, -0.2) is 0 Å². The molecule has 3 rings (SSSR count). The van der Waals surface area contributed by atoms with E-state index in [0.717, 1.165) is 31.4 Å². The smallest absolute Gasteiger partial charge is 0.119 e. The predicted molar refractivity (Wildman–Crippen MR) is 83.7 cm³/mol. The van der Waals surface area contributed by atoms with Gasteiger partial charge in [0.25, 0.3) is 0 Å². The van der Waals surface area contributed by atoms with Gasteiger partial charge in [-0.3, -0.25) is 4.90 Å². The maximum atomic E-state index is 5.84. The molecule has 0 spiro atoms. The predicted octanol–water partition coefficient (Wildman–Crippen LogP) is 1.77. The van der Waals surface area contributed by atoms with Crippen molar-refractivity contribution in [3.8, 4) is 5.75 Å². The quantitative estimate of drug-likeness (QED) is 0.896. The van der Waals surface area contributed by atoms with Gasteiger partial charge in [-0.1, -0.05) is 18.2 Å². The van der Waals surface area contributed by atoms with E-state index < -0.39 is 0 Å². The average molecular weight is 290 g/mol. The van der Waals surface area contributed by atoms with Crippen LogP contribution in [0.3, 0.4) is 0 Å². The fourth-order valence-electron chi connectivity index (χ4n) is 3.18. The molecule has 4 nitrogen and oxygen atoms in total. The molecule has 2 aliphatic heterocycles. The van der Waals surface area contributed by atoms with Gasteiger partial charge in [0.05, 0.1) is 6.61 Å². The van der Waals surface area contributed by atoms with Crippen LogP contribution < -0.4 is 10.1 Å². The summed E-state index contributed by atoms with van der Waals surface area (Å²) in [6.07, 6.45) is 2.81. The molecule has 1 unspecified atom stereocenters. The number of benzene rings is 1. The Labute approximate surface area is 127 Å². The number of hydrogen-bond acceptors (Lipinski definition) is 4. The Bertz CT molecular complexity index is 407. The Kier molecular flexibility index (Phi) is 5.49. The zero-order valence-electron chi connectivity index (χ0n) is 12.7. The standard InChI is InChI=1S/C17H26N2O2/c1-2-4-16(5-3-1)21-14-17-13-19(10-11-20-17)12-15-6-8-18-9-7-15/h1-5,15,17-18H,6-14H2. The van der Waals surface area contributed by atoms with Crippen LogP contribution in [-0.4, -0.2) is 56.9 Å². The second-order valence-corrected chi connectivity index (χ2v) is 6.07. The van der Waals surface area contributed by atoms with Gasteiger partial charge in [-0.2, -0.15) is 0 Å². The lowest BCUT2D eigenvalue weighted by Crippen LogP contribution is -2.47. The van der Waals surface area contributed by atoms with E-state index in [1.807, 2.05) is 30.3 Å². The Morgan fingerprint density at radius 2 is 2.00 bits per heavy atom. The van der Waals surface area contributed by atoms with E-state index in [9.17, 15) is 0 Å². The van der Waals surface area contributed by atoms with Gasteiger partial charge in [0.2, 0.25) is 0 Å². The first kappa shape index (κ1) is 14.8. The van der Waals surface area contributed by atoms with Crippen LogP contribution in [0.15, 0.2) is 30.3 Å². The lowest BCUT2D eigenvalue weighted by molar-refractivity contribution is -0.0524. The van der Waals surface area contributed by atoms with Crippen molar-refractivity contribution in [2.75, 3.05) is 45.9 Å². The molecule has 0 amide bonds. The number of para-hydroxylation sites is 1. The molecule has 0 bridgehead atoms. The SMILES string of the molecule is c1ccc(OCC2CN(CC3CCNCC3)CCO2)cc1. The molecule has 0 aromatic heterocycles. The lowest BCUT2D eigenvalue weighted by Gasteiger charge is -2.36. The summed E-state index contributed by atoms with van der Waals surface area (Å²) in [4.78, 5) is 2.55. The topological polar surface area (TPSA) is 33.7 Å². The van der Waals surface area contributed by atoms with Crippen molar-refractivity contribution in [2.24, 2.45) is 5.92 Å². The Morgan fingerprint density at radius 1 is 1.19 bits per heavy atom. The van der Waals surface area contributed by atoms with E-state index in [2.05, 4.69) is 10.2 Å². The van der Waals surface area contributed by atoms with Gasteiger partial charge in [0, 0.05) is 19.6 Å². The highest BCUT2D eigenvalue weighted by Gasteiger charge is 2.24. The van der Waals surface area contributed by atoms with Gasteiger partial charge in [0.15, 0.2) is 0 Å². The zero-order valence-corrected chi connectivity index (χ0v) is 12.7. The maximum Gasteiger partial charge on any atom is 0.119 e. The normalized spacial score (nSPS) is 24.9. The first-order valence-corrected chi connectivity index (χ1v) is 8.12. The molecule has 1 atom stereocenters. The maximum absolute atomic E-state index is 5.84. The first-order valence-electron chi connectivity index (χ1n) is 8.12. The Hall–Kier alpha value is -1.10. The summed E-state index contributed by atoms with van der Waals surface area (Å²) < 4.78 is 11.7. The molecule has 0 aliphatic carbocycles. The summed E-state index contributed by atoms with van der Waals surface area (Å²) in [5.41, 5.74) is 0. The summed E-state index contributed by atoms with van der Waals surface area (Å²) in [6.45, 7) is 7.10. The van der Waals surface area contributed by atoms with Crippen LogP contribution in [0.25, 0.3) is 0 Å². The van der Waals surface area contributed by atoms with Crippen molar-refractivity contribution in [1.82, 2.24) is 10.2 Å². The molecule has 1 N–H and O–H groups in total. The molecular weight excluding hydrogens is 264 g/mol. The molecule has 0 radical (unpaired) electrons. The first-order chi connectivity index (χ1) is 10.4. The molecule has 116 valence electrons. The number of hydrogen-bond donors (Lipinski definition) is 1. The minimum atomic E-state index is 0.195. The molecule has 2 heterocycles. The second kappa shape index (κ2) is 7.78. The molecule has 4 heteroatoms. The average Bonchev–Trinajstić information content (AvgIpc) is 2.55. The molecule has 1 aromatic carbocycles. The van der Waals surface area contributed by atoms with Gasteiger partial charge in [-0.05, 0) is 44.0 Å². The number of piperidine rings is 1. The van der Waals surface area contributed by atoms with Crippen LogP contribution >= 0.6 is 0 Å². The molecule has 0 saturated carbocycles. The van der Waals surface area contributed by atoms with E-state index in [1.54, 1.807) is 0 Å². The van der Waals surface area contributed by atoms with E-state index in [-0.39, 0.29) is 6.10 Å². The fourth-order valence-corrected chi connectivity index (χ4v) is 3.18. The third kappa shape index (κ3) is 4.70. The van der Waals surface area contributed by atoms with Crippen LogP contribution in [0, 0.1) is 5.92 Å². The molecular formula is C17H26N2O2. The van der Waals surface area contributed by atoms with Crippen molar-refractivity contribution in [3.05, 3.63) is 30.3 Å². The fraction of sp³-hybridized carbons (Fsp3) is 0.647. The molecule has 1 aromatic rings. The summed E-state index contributed by atoms with van der Waals surface area (Å²) in [5.74, 6) is 1.77. The van der Waals surface area contributed by atoms with E-state index in [0.29, 0.717) is 6.61 Å². The minimum Gasteiger partial charge on any atom is -0.491 e. The number of rotatable bonds is 5. The van der Waals surface area contributed by atoms with Crippen LogP contribution in [-0.2, 0) is 4.74 Å². The number of ether oxygens (including phenoxy) is 2. The number of nitrogens with zero attached hydrogens (tertiary/aromatic N) is 1. The van der Waals surface area contributed by atoms with Gasteiger partial charge >= 0.3 is 0 Å². The van der Waals surface area contributed by atoms with Crippen LogP contribution in [0.1, 0.15) is 12.8 Å². The van der Waals surface area contributed by atoms with Crippen molar-refractivity contribution < 1.29 is 9.47 Å². The Morgan fingerprint density at radius 3 is 2.81 bits per heavy atom. The zero-order chi connectivity index (χ0) is 14.3. The third-order valence-corrected chi connectivity index (χ3v) is 4.38. The van der Waals surface area contributed by atoms with Crippen LogP contribution in [0.2, 0.25) is 0 Å². The molecule has 2 saturated heterocycles.